The molecule has 0 aliphatic carbocycles. The van der Waals surface area contributed by atoms with Gasteiger partial charge in [0.1, 0.15) is 12.6 Å². The van der Waals surface area contributed by atoms with Crippen LogP contribution in [0.25, 0.3) is 0 Å². The summed E-state index contributed by atoms with van der Waals surface area (Å²) in [5.41, 5.74) is 0. The van der Waals surface area contributed by atoms with Crippen molar-refractivity contribution in [3.05, 3.63) is 0 Å². The third-order valence-corrected chi connectivity index (χ3v) is 5.46. The Kier molecular flexibility index (Phi) is 19.9. The van der Waals surface area contributed by atoms with Crippen LogP contribution in [0, 0.1) is 0 Å². The number of aliphatic hydroxyl groups excluding tert-OH is 2. The number of hydrogen-bond acceptors (Lipinski definition) is 3. The third-order valence-electron chi connectivity index (χ3n) is 5.46. The van der Waals surface area contributed by atoms with Crippen molar-refractivity contribution in [3.63, 3.8) is 0 Å². The van der Waals surface area contributed by atoms with Crippen molar-refractivity contribution in [2.75, 3.05) is 27.2 Å². The number of halogens is 1. The Bertz CT molecular complexity index is 368. The van der Waals surface area contributed by atoms with Crippen LogP contribution in [0.5, 0.6) is 0 Å². The summed E-state index contributed by atoms with van der Waals surface area (Å²) in [6, 6.07) is 0. The van der Waals surface area contributed by atoms with Gasteiger partial charge in [0.2, 0.25) is 5.91 Å². The van der Waals surface area contributed by atoms with E-state index < -0.39 is 6.10 Å². The highest BCUT2D eigenvalue weighted by Gasteiger charge is 2.30. The lowest BCUT2D eigenvalue weighted by Gasteiger charge is -2.39. The average molecular weight is 423 g/mol. The van der Waals surface area contributed by atoms with E-state index in [-0.39, 0.29) is 31.1 Å². The maximum atomic E-state index is 12.2. The number of carbonyl (C=O) groups is 1. The van der Waals surface area contributed by atoms with E-state index in [2.05, 4.69) is 12.2 Å². The predicted molar refractivity (Wildman–Crippen MR) is 113 cm³/mol. The lowest BCUT2D eigenvalue weighted by atomic mass is 10.1. The van der Waals surface area contributed by atoms with Gasteiger partial charge in [-0.3, -0.25) is 4.79 Å². The van der Waals surface area contributed by atoms with E-state index >= 15 is 0 Å². The van der Waals surface area contributed by atoms with E-state index in [1.54, 1.807) is 0 Å². The van der Waals surface area contributed by atoms with Gasteiger partial charge in [0, 0.05) is 12.8 Å². The first kappa shape index (κ1) is 29.8. The molecule has 1 amide bonds. The van der Waals surface area contributed by atoms with Crippen LogP contribution < -0.4 is 17.7 Å². The molecule has 0 spiro atoms. The predicted octanol–water partition coefficient (Wildman–Crippen LogP) is 0.973. The number of nitrogens with one attached hydrogen (secondary N) is 1. The number of likely N-dealkylation sites (N-methyl/N-ethyl adjacent to an activating group) is 1. The van der Waals surface area contributed by atoms with Crippen LogP contribution >= 0.6 is 0 Å². The summed E-state index contributed by atoms with van der Waals surface area (Å²) in [5.74, 6) is 0.0995. The number of nitrogens with zero attached hydrogens (tertiary/aromatic N) is 1. The quantitative estimate of drug-likeness (QED) is 0.175. The maximum Gasteiger partial charge on any atom is 0.224 e. The molecule has 0 radical (unpaired) electrons. The van der Waals surface area contributed by atoms with Crippen LogP contribution in [0.2, 0.25) is 0 Å². The Morgan fingerprint density at radius 3 is 1.79 bits per heavy atom. The monoisotopic (exact) mass is 422 g/mol. The molecule has 2 unspecified atom stereocenters. The minimum atomic E-state index is -0.752. The van der Waals surface area contributed by atoms with Crippen LogP contribution in [0.4, 0.5) is 0 Å². The van der Waals surface area contributed by atoms with Gasteiger partial charge in [0.15, 0.2) is 6.17 Å². The smallest absolute Gasteiger partial charge is 0.224 e. The Morgan fingerprint density at radius 1 is 0.893 bits per heavy atom. The molecule has 5 nitrogen and oxygen atoms in total. The summed E-state index contributed by atoms with van der Waals surface area (Å²) >= 11 is 0. The van der Waals surface area contributed by atoms with Crippen molar-refractivity contribution in [2.45, 2.75) is 110 Å². The minimum Gasteiger partial charge on any atom is -1.00 e. The molecular weight excluding hydrogens is 376 g/mol. The van der Waals surface area contributed by atoms with E-state index in [0.717, 1.165) is 19.3 Å². The number of carbonyl (C=O) groups excluding carboxylic acids is 1. The second-order valence-corrected chi connectivity index (χ2v) is 8.57. The summed E-state index contributed by atoms with van der Waals surface area (Å²) in [6.45, 7) is 4.47. The summed E-state index contributed by atoms with van der Waals surface area (Å²) in [7, 11) is 3.96. The largest absolute Gasteiger partial charge is 1.00 e. The summed E-state index contributed by atoms with van der Waals surface area (Å²) in [6.07, 6.45) is 14.7. The van der Waals surface area contributed by atoms with Crippen LogP contribution in [0.1, 0.15) is 97.3 Å². The van der Waals surface area contributed by atoms with Crippen molar-refractivity contribution >= 4 is 5.91 Å². The van der Waals surface area contributed by atoms with Crippen molar-refractivity contribution in [1.29, 1.82) is 0 Å². The summed E-state index contributed by atoms with van der Waals surface area (Å²) < 4.78 is 0.474. The molecule has 0 saturated heterocycles. The second kappa shape index (κ2) is 18.7. The first-order valence-electron chi connectivity index (χ1n) is 11.3. The highest BCUT2D eigenvalue weighted by Crippen LogP contribution is 2.13. The normalized spacial score (nSPS) is 13.6. The molecule has 28 heavy (non-hydrogen) atoms. The van der Waals surface area contributed by atoms with E-state index in [1.165, 1.54) is 57.8 Å². The fraction of sp³-hybridized carbons (Fsp3) is 0.955. The van der Waals surface area contributed by atoms with Gasteiger partial charge in [0.05, 0.1) is 20.7 Å². The van der Waals surface area contributed by atoms with Gasteiger partial charge in [-0.05, 0) is 6.42 Å². The van der Waals surface area contributed by atoms with Crippen LogP contribution in [-0.2, 0) is 4.79 Å². The van der Waals surface area contributed by atoms with Gasteiger partial charge >= 0.3 is 0 Å². The first-order valence-corrected chi connectivity index (χ1v) is 11.3. The van der Waals surface area contributed by atoms with E-state index in [0.29, 0.717) is 17.4 Å². The van der Waals surface area contributed by atoms with E-state index in [4.69, 9.17) is 5.11 Å². The zero-order chi connectivity index (χ0) is 20.5. The van der Waals surface area contributed by atoms with Gasteiger partial charge in [-0.1, -0.05) is 78.1 Å². The van der Waals surface area contributed by atoms with Crippen LogP contribution in [-0.4, -0.2) is 60.1 Å². The molecule has 0 bridgehead atoms. The third kappa shape index (κ3) is 15.5. The second-order valence-electron chi connectivity index (χ2n) is 8.57. The highest BCUT2D eigenvalue weighted by molar-refractivity contribution is 5.75. The Hall–Kier alpha value is -0.360. The highest BCUT2D eigenvalue weighted by atomic mass is 35.5. The molecule has 0 aromatic rings. The Balaban J connectivity index is 0. The van der Waals surface area contributed by atoms with Crippen molar-refractivity contribution in [3.8, 4) is 0 Å². The number of unbranched alkanes of at least 4 members (excludes halogenated alkanes) is 10. The number of hydrogen-bond donors (Lipinski definition) is 3. The van der Waals surface area contributed by atoms with Crippen LogP contribution in [0.3, 0.4) is 0 Å². The summed E-state index contributed by atoms with van der Waals surface area (Å²) in [5, 5.41) is 21.9. The average Bonchev–Trinajstić information content (AvgIpc) is 2.63. The lowest BCUT2D eigenvalue weighted by Crippen LogP contribution is -3.00. The molecule has 2 atom stereocenters. The first-order chi connectivity index (χ1) is 12.9. The Labute approximate surface area is 180 Å². The van der Waals surface area contributed by atoms with E-state index in [1.807, 2.05) is 21.0 Å². The molecule has 0 aromatic heterocycles. The topological polar surface area (TPSA) is 69.6 Å². The zero-order valence-corrected chi connectivity index (χ0v) is 19.6. The SMILES string of the molecule is CCCCCCCCCCCCCC(=O)NC(CC)[N+](C)(C)CC(O)CO.[Cl-]. The molecule has 0 saturated carbocycles. The molecule has 0 rings (SSSR count). The summed E-state index contributed by atoms with van der Waals surface area (Å²) in [4.78, 5) is 12.2. The van der Waals surface area contributed by atoms with Crippen molar-refractivity contribution in [1.82, 2.24) is 5.32 Å². The molecule has 0 heterocycles. The van der Waals surface area contributed by atoms with Gasteiger partial charge in [-0.2, -0.15) is 0 Å². The number of aliphatic hydroxyl groups is 2. The van der Waals surface area contributed by atoms with Crippen molar-refractivity contribution in [2.24, 2.45) is 0 Å². The maximum absolute atomic E-state index is 12.2. The van der Waals surface area contributed by atoms with Crippen LogP contribution in [0.15, 0.2) is 0 Å². The number of amides is 1. The molecule has 0 aromatic carbocycles. The molecule has 0 aliphatic rings. The molecular formula is C22H47ClN2O3. The van der Waals surface area contributed by atoms with E-state index in [9.17, 15) is 9.90 Å². The Morgan fingerprint density at radius 2 is 1.36 bits per heavy atom. The van der Waals surface area contributed by atoms with Crippen molar-refractivity contribution < 1.29 is 31.9 Å². The standard InChI is InChI=1S/C22H46N2O3.ClH/c1-5-7-8-9-10-11-12-13-14-15-16-17-22(27)23-21(6-2)24(3,4)18-20(26)19-25;/h20-21,25-26H,5-19H2,1-4H3;1H. The molecule has 3 N–H and O–H groups in total. The van der Waals surface area contributed by atoms with Gasteiger partial charge in [-0.15, -0.1) is 0 Å². The molecule has 0 aliphatic heterocycles. The number of quaternary nitrogens is 1. The lowest BCUT2D eigenvalue weighted by molar-refractivity contribution is -0.920. The fourth-order valence-electron chi connectivity index (χ4n) is 3.71. The molecule has 6 heteroatoms. The number of rotatable bonds is 18. The van der Waals surface area contributed by atoms with Gasteiger partial charge in [-0.25, -0.2) is 0 Å². The van der Waals surface area contributed by atoms with Gasteiger partial charge < -0.3 is 32.4 Å². The minimum absolute atomic E-state index is 0. The van der Waals surface area contributed by atoms with Gasteiger partial charge in [0.25, 0.3) is 0 Å². The fourth-order valence-corrected chi connectivity index (χ4v) is 3.71. The molecule has 170 valence electrons. The molecule has 0 fully saturated rings. The zero-order valence-electron chi connectivity index (χ0n) is 18.9.